The fraction of sp³-hybridized carbons (Fsp3) is 0. The third-order valence-electron chi connectivity index (χ3n) is 1.67. The Morgan fingerprint density at radius 1 is 0.667 bits per heavy atom. The fourth-order valence-corrected chi connectivity index (χ4v) is 2.15. The van der Waals surface area contributed by atoms with Gasteiger partial charge in [0.25, 0.3) is 0 Å². The molecule has 0 atom stereocenters. The number of carbonyl (C=O) groups excluding carboxylic acids is 2. The van der Waals surface area contributed by atoms with Crippen molar-refractivity contribution in [3.63, 3.8) is 0 Å². The Morgan fingerprint density at radius 2 is 0.833 bits per heavy atom. The largest absolute Gasteiger partial charge is 1.00 e. The normalized spacial score (nSPS) is 9.11. The van der Waals surface area contributed by atoms with Crippen molar-refractivity contribution in [3.05, 3.63) is 31.2 Å². The van der Waals surface area contributed by atoms with E-state index < -0.39 is 43.2 Å². The Labute approximate surface area is 153 Å². The summed E-state index contributed by atoms with van der Waals surface area (Å²) in [4.78, 5) is 21.3. The van der Waals surface area contributed by atoms with Crippen LogP contribution in [0.2, 0.25) is 20.1 Å². The summed E-state index contributed by atoms with van der Waals surface area (Å²) in [6, 6.07) is 0. The molecule has 0 radical (unpaired) electrons. The number of rotatable bonds is 2. The second-order valence-electron chi connectivity index (χ2n) is 2.58. The van der Waals surface area contributed by atoms with Crippen molar-refractivity contribution in [3.8, 4) is 0 Å². The number of carboxylic acids is 2. The van der Waals surface area contributed by atoms with Crippen LogP contribution in [0.1, 0.15) is 20.7 Å². The number of aromatic carboxylic acids is 2. The third-order valence-corrected chi connectivity index (χ3v) is 3.38. The first-order chi connectivity index (χ1) is 7.29. The molecule has 18 heavy (non-hydrogen) atoms. The van der Waals surface area contributed by atoms with Gasteiger partial charge in [0, 0.05) is 11.1 Å². The van der Waals surface area contributed by atoms with E-state index in [1.165, 1.54) is 0 Å². The molecule has 0 aliphatic heterocycles. The Hall–Kier alpha value is 0.801. The van der Waals surface area contributed by atoms with Crippen LogP contribution in [0.5, 0.6) is 0 Å². The summed E-state index contributed by atoms with van der Waals surface area (Å²) < 4.78 is 0. The smallest absolute Gasteiger partial charge is 0.545 e. The molecule has 0 amide bonds. The van der Waals surface area contributed by atoms with Crippen LogP contribution in [0.25, 0.3) is 0 Å². The van der Waals surface area contributed by atoms with E-state index in [9.17, 15) is 19.8 Å². The summed E-state index contributed by atoms with van der Waals surface area (Å²) in [5.74, 6) is -3.44. The van der Waals surface area contributed by atoms with E-state index in [-0.39, 0.29) is 44.8 Å². The van der Waals surface area contributed by atoms with Crippen LogP contribution in [0.3, 0.4) is 0 Å². The molecule has 0 bridgehead atoms. The van der Waals surface area contributed by atoms with E-state index in [1.54, 1.807) is 0 Å². The van der Waals surface area contributed by atoms with Crippen molar-refractivity contribution >= 4 is 58.3 Å². The fourth-order valence-electron chi connectivity index (χ4n) is 0.990. The van der Waals surface area contributed by atoms with Crippen molar-refractivity contribution in [1.29, 1.82) is 0 Å². The zero-order valence-electron chi connectivity index (χ0n) is 7.75. The topological polar surface area (TPSA) is 80.3 Å². The monoisotopic (exact) mass is 514 g/mol. The Kier molecular flexibility index (Phi) is 9.58. The molecule has 0 N–H and O–H groups in total. The van der Waals surface area contributed by atoms with Crippen LogP contribution >= 0.6 is 46.4 Å². The molecule has 10 heteroatoms. The SMILES string of the molecule is O=C([O-])c1c(Cl)c(Cl)c(C(=O)[O-])c(Cl)c1Cl.[Ag+].[Ag+]. The molecule has 1 aromatic carbocycles. The summed E-state index contributed by atoms with van der Waals surface area (Å²) in [5.41, 5.74) is -1.33. The first-order valence-corrected chi connectivity index (χ1v) is 5.08. The van der Waals surface area contributed by atoms with Gasteiger partial charge in [-0.1, -0.05) is 46.4 Å². The molecule has 106 valence electrons. The predicted octanol–water partition coefficient (Wildman–Crippen LogP) is 1.02. The van der Waals surface area contributed by atoms with E-state index in [0.29, 0.717) is 0 Å². The number of halogens is 4. The zero-order chi connectivity index (χ0) is 12.6. The molecule has 0 unspecified atom stereocenters. The second-order valence-corrected chi connectivity index (χ2v) is 4.09. The van der Waals surface area contributed by atoms with Crippen LogP contribution in [-0.2, 0) is 44.8 Å². The van der Waals surface area contributed by atoms with Gasteiger partial charge in [0.05, 0.1) is 32.0 Å². The molecule has 1 aromatic rings. The molecule has 1 rings (SSSR count). The van der Waals surface area contributed by atoms with E-state index in [0.717, 1.165) is 0 Å². The van der Waals surface area contributed by atoms with Crippen molar-refractivity contribution < 1.29 is 64.6 Å². The minimum Gasteiger partial charge on any atom is -0.545 e. The van der Waals surface area contributed by atoms with Crippen molar-refractivity contribution in [2.24, 2.45) is 0 Å². The van der Waals surface area contributed by atoms with E-state index >= 15 is 0 Å². The number of hydrogen-bond acceptors (Lipinski definition) is 4. The Balaban J connectivity index is 0. The molecule has 0 spiro atoms. The van der Waals surface area contributed by atoms with Crippen LogP contribution in [0.4, 0.5) is 0 Å². The average Bonchev–Trinajstić information content (AvgIpc) is 2.14. The number of hydrogen-bond donors (Lipinski definition) is 0. The summed E-state index contributed by atoms with van der Waals surface area (Å²) in [6.07, 6.45) is 0. The maximum absolute atomic E-state index is 10.7. The maximum atomic E-state index is 10.7. The van der Waals surface area contributed by atoms with Gasteiger partial charge in [0.2, 0.25) is 0 Å². The molecule has 0 aliphatic rings. The molecular formula is C8Ag2Cl4O4. The van der Waals surface area contributed by atoms with Gasteiger partial charge in [0.1, 0.15) is 0 Å². The van der Waals surface area contributed by atoms with Gasteiger partial charge in [-0.05, 0) is 0 Å². The van der Waals surface area contributed by atoms with Crippen molar-refractivity contribution in [1.82, 2.24) is 0 Å². The van der Waals surface area contributed by atoms with Gasteiger partial charge in [0.15, 0.2) is 0 Å². The van der Waals surface area contributed by atoms with Crippen LogP contribution in [0, 0.1) is 0 Å². The summed E-state index contributed by atoms with van der Waals surface area (Å²) in [5, 5.41) is 19.1. The predicted molar refractivity (Wildman–Crippen MR) is 55.1 cm³/mol. The first kappa shape index (κ1) is 21.1. The molecule has 0 saturated carbocycles. The van der Waals surface area contributed by atoms with Crippen LogP contribution in [-0.4, -0.2) is 11.9 Å². The molecule has 0 saturated heterocycles. The third kappa shape index (κ3) is 3.90. The summed E-state index contributed by atoms with van der Waals surface area (Å²) >= 11 is 22.1. The van der Waals surface area contributed by atoms with E-state index in [1.807, 2.05) is 0 Å². The Morgan fingerprint density at radius 3 is 0.944 bits per heavy atom. The van der Waals surface area contributed by atoms with Gasteiger partial charge in [-0.3, -0.25) is 0 Å². The minimum absolute atomic E-state index is 0. The Bertz CT molecular complexity index is 432. The average molecular weight is 518 g/mol. The van der Waals surface area contributed by atoms with E-state index in [2.05, 4.69) is 0 Å². The van der Waals surface area contributed by atoms with Crippen molar-refractivity contribution in [2.75, 3.05) is 0 Å². The standard InChI is InChI=1S/C8H2Cl4O4.2Ag/c9-3-1(7(13)14)4(10)6(12)2(5(3)11)8(15)16;;/h(H,13,14)(H,15,16);;/q;2*+1/p-2. The van der Waals surface area contributed by atoms with Crippen LogP contribution in [0.15, 0.2) is 0 Å². The second kappa shape index (κ2) is 8.17. The number of benzene rings is 1. The van der Waals surface area contributed by atoms with Crippen LogP contribution < -0.4 is 10.2 Å². The molecule has 4 nitrogen and oxygen atoms in total. The maximum Gasteiger partial charge on any atom is 1.00 e. The van der Waals surface area contributed by atoms with Crippen molar-refractivity contribution in [2.45, 2.75) is 0 Å². The quantitative estimate of drug-likeness (QED) is 0.434. The number of carboxylic acid groups (broad SMARTS) is 2. The minimum atomic E-state index is -1.72. The van der Waals surface area contributed by atoms with Gasteiger partial charge in [-0.25, -0.2) is 0 Å². The summed E-state index contributed by atoms with van der Waals surface area (Å²) in [7, 11) is 0. The zero-order valence-corrected chi connectivity index (χ0v) is 13.7. The molecule has 0 aliphatic carbocycles. The van der Waals surface area contributed by atoms with Gasteiger partial charge in [-0.2, -0.15) is 0 Å². The molecule has 0 aromatic heterocycles. The van der Waals surface area contributed by atoms with E-state index in [4.69, 9.17) is 46.4 Å². The first-order valence-electron chi connectivity index (χ1n) is 3.57. The molecular weight excluding hydrogens is 518 g/mol. The molecule has 0 heterocycles. The molecule has 0 fully saturated rings. The summed E-state index contributed by atoms with van der Waals surface area (Å²) in [6.45, 7) is 0. The van der Waals surface area contributed by atoms with Gasteiger partial charge >= 0.3 is 44.8 Å². The number of carbonyl (C=O) groups is 2. The van der Waals surface area contributed by atoms with Gasteiger partial charge < -0.3 is 19.8 Å². The van der Waals surface area contributed by atoms with Gasteiger partial charge in [-0.15, -0.1) is 0 Å².